The molecule has 0 spiro atoms. The normalized spacial score (nSPS) is 21.7. The van der Waals surface area contributed by atoms with E-state index < -0.39 is 5.97 Å². The van der Waals surface area contributed by atoms with Crippen molar-refractivity contribution in [2.24, 2.45) is 10.9 Å². The summed E-state index contributed by atoms with van der Waals surface area (Å²) in [6.07, 6.45) is -0.269. The molecule has 2 atom stereocenters. The summed E-state index contributed by atoms with van der Waals surface area (Å²) in [4.78, 5) is 30.4. The molecule has 1 amide bonds. The van der Waals surface area contributed by atoms with Crippen LogP contribution in [0.3, 0.4) is 0 Å². The number of carboxylic acids is 1. The number of carboxylic acid groups (broad SMARTS) is 1. The first kappa shape index (κ1) is 17.7. The highest BCUT2D eigenvalue weighted by Crippen LogP contribution is 2.30. The third kappa shape index (κ3) is 3.59. The van der Waals surface area contributed by atoms with Crippen molar-refractivity contribution in [1.29, 1.82) is 0 Å². The van der Waals surface area contributed by atoms with E-state index in [4.69, 9.17) is 10.1 Å². The van der Waals surface area contributed by atoms with E-state index in [0.717, 1.165) is 11.3 Å². The lowest BCUT2D eigenvalue weighted by atomic mass is 10.0. The van der Waals surface area contributed by atoms with Gasteiger partial charge in [-0.05, 0) is 29.8 Å². The molecule has 2 unspecified atom stereocenters. The number of carbonyl (C=O) groups excluding carboxylic acids is 1. The smallest absolute Gasteiger partial charge is 0.335 e. The molecule has 138 valence electrons. The Labute approximate surface area is 160 Å². The number of rotatable bonds is 4. The largest absolute Gasteiger partial charge is 0.478 e. The summed E-state index contributed by atoms with van der Waals surface area (Å²) in [5.41, 5.74) is 8.07. The molecule has 0 radical (unpaired) electrons. The molecule has 2 heterocycles. The van der Waals surface area contributed by atoms with Gasteiger partial charge in [-0.2, -0.15) is 0 Å². The van der Waals surface area contributed by atoms with Gasteiger partial charge in [-0.25, -0.2) is 15.2 Å². The van der Waals surface area contributed by atoms with Crippen molar-refractivity contribution in [3.63, 3.8) is 0 Å². The number of para-hydroxylation sites is 1. The van der Waals surface area contributed by atoms with Crippen molar-refractivity contribution in [2.75, 3.05) is 11.4 Å². The lowest BCUT2D eigenvalue weighted by Crippen LogP contribution is -2.49. The molecule has 0 aromatic heterocycles. The van der Waals surface area contributed by atoms with E-state index in [9.17, 15) is 9.59 Å². The molecule has 27 heavy (non-hydrogen) atoms. The summed E-state index contributed by atoms with van der Waals surface area (Å²) in [6, 6.07) is 16.2. The van der Waals surface area contributed by atoms with Crippen LogP contribution >= 0.6 is 11.8 Å². The zero-order valence-corrected chi connectivity index (χ0v) is 15.1. The molecule has 0 aliphatic carbocycles. The van der Waals surface area contributed by atoms with Crippen LogP contribution < -0.4 is 15.8 Å². The second kappa shape index (κ2) is 7.51. The highest BCUT2D eigenvalue weighted by atomic mass is 32.2. The van der Waals surface area contributed by atoms with E-state index in [1.807, 2.05) is 30.3 Å². The van der Waals surface area contributed by atoms with Crippen molar-refractivity contribution in [1.82, 2.24) is 10.9 Å². The number of anilines is 1. The van der Waals surface area contributed by atoms with Crippen molar-refractivity contribution in [3.8, 4) is 0 Å². The Hall–Kier alpha value is -2.68. The first-order valence-corrected chi connectivity index (χ1v) is 9.52. The maximum atomic E-state index is 13.0. The quantitative estimate of drug-likeness (QED) is 0.750. The van der Waals surface area contributed by atoms with Gasteiger partial charge in [0.1, 0.15) is 6.17 Å². The first-order chi connectivity index (χ1) is 13.1. The molecule has 4 rings (SSSR count). The van der Waals surface area contributed by atoms with Gasteiger partial charge in [0, 0.05) is 12.3 Å². The zero-order chi connectivity index (χ0) is 18.8. The van der Waals surface area contributed by atoms with E-state index in [-0.39, 0.29) is 23.6 Å². The van der Waals surface area contributed by atoms with Crippen LogP contribution in [-0.2, 0) is 10.5 Å². The van der Waals surface area contributed by atoms with Gasteiger partial charge in [0.2, 0.25) is 5.91 Å². The van der Waals surface area contributed by atoms with Crippen LogP contribution in [0.5, 0.6) is 0 Å². The standard InChI is InChI=1S/C19H18N4O3S/c24-17-15-10-20-22-16(15)21-19(23(17)14-4-2-1-3-5-14)27-11-12-6-8-13(9-7-12)18(25)26/h1-9,15-16,20,22H,10-11H2,(H,25,26). The van der Waals surface area contributed by atoms with E-state index in [2.05, 4.69) is 10.9 Å². The van der Waals surface area contributed by atoms with Gasteiger partial charge >= 0.3 is 5.97 Å². The summed E-state index contributed by atoms with van der Waals surface area (Å²) >= 11 is 1.46. The minimum absolute atomic E-state index is 0.0161. The number of hydrogen-bond acceptors (Lipinski definition) is 6. The van der Waals surface area contributed by atoms with Crippen molar-refractivity contribution in [3.05, 3.63) is 65.7 Å². The second-order valence-electron chi connectivity index (χ2n) is 6.29. The van der Waals surface area contributed by atoms with E-state index in [0.29, 0.717) is 17.5 Å². The summed E-state index contributed by atoms with van der Waals surface area (Å²) in [5, 5.41) is 9.64. The molecular weight excluding hydrogens is 364 g/mol. The van der Waals surface area contributed by atoms with Gasteiger partial charge in [0.15, 0.2) is 5.17 Å². The molecule has 1 saturated heterocycles. The molecule has 2 aromatic carbocycles. The van der Waals surface area contributed by atoms with Gasteiger partial charge in [0.05, 0.1) is 17.2 Å². The van der Waals surface area contributed by atoms with Crippen LogP contribution in [0.1, 0.15) is 15.9 Å². The lowest BCUT2D eigenvalue weighted by Gasteiger charge is -2.32. The molecule has 0 bridgehead atoms. The monoisotopic (exact) mass is 382 g/mol. The summed E-state index contributed by atoms with van der Waals surface area (Å²) in [7, 11) is 0. The molecule has 2 aliphatic heterocycles. The molecule has 2 aromatic rings. The van der Waals surface area contributed by atoms with Gasteiger partial charge in [-0.3, -0.25) is 15.1 Å². The Kier molecular flexibility index (Phi) is 4.93. The summed E-state index contributed by atoms with van der Waals surface area (Å²) < 4.78 is 0. The maximum Gasteiger partial charge on any atom is 0.335 e. The van der Waals surface area contributed by atoms with Crippen molar-refractivity contribution < 1.29 is 14.7 Å². The number of thioether (sulfide) groups is 1. The second-order valence-corrected chi connectivity index (χ2v) is 7.23. The number of hydrogen-bond donors (Lipinski definition) is 3. The third-order valence-corrected chi connectivity index (χ3v) is 5.54. The van der Waals surface area contributed by atoms with E-state index in [1.165, 1.54) is 11.8 Å². The van der Waals surface area contributed by atoms with E-state index in [1.54, 1.807) is 29.2 Å². The topological polar surface area (TPSA) is 94.0 Å². The Morgan fingerprint density at radius 2 is 1.93 bits per heavy atom. The summed E-state index contributed by atoms with van der Waals surface area (Å²) in [5.74, 6) is -0.579. The fraction of sp³-hybridized carbons (Fsp3) is 0.211. The third-order valence-electron chi connectivity index (χ3n) is 4.51. The van der Waals surface area contributed by atoms with Crippen molar-refractivity contribution in [2.45, 2.75) is 11.9 Å². The fourth-order valence-corrected chi connectivity index (χ4v) is 4.08. The average molecular weight is 382 g/mol. The van der Waals surface area contributed by atoms with Crippen LogP contribution in [0.15, 0.2) is 59.6 Å². The maximum absolute atomic E-state index is 13.0. The van der Waals surface area contributed by atoms with Gasteiger partial charge in [-0.15, -0.1) is 0 Å². The molecule has 8 heteroatoms. The predicted octanol–water partition coefficient (Wildman–Crippen LogP) is 2.07. The number of carbonyl (C=O) groups is 2. The number of nitrogens with one attached hydrogen (secondary N) is 2. The molecule has 7 nitrogen and oxygen atoms in total. The first-order valence-electron chi connectivity index (χ1n) is 8.54. The Morgan fingerprint density at radius 1 is 1.19 bits per heavy atom. The highest BCUT2D eigenvalue weighted by Gasteiger charge is 2.42. The Bertz CT molecular complexity index is 886. The number of fused-ring (bicyclic) bond motifs is 1. The van der Waals surface area contributed by atoms with E-state index >= 15 is 0 Å². The van der Waals surface area contributed by atoms with Crippen LogP contribution in [0, 0.1) is 5.92 Å². The predicted molar refractivity (Wildman–Crippen MR) is 104 cm³/mol. The van der Waals surface area contributed by atoms with Crippen LogP contribution in [-0.4, -0.2) is 34.9 Å². The summed E-state index contributed by atoms with van der Waals surface area (Å²) in [6.45, 7) is 0.547. The number of aliphatic imine (C=N–C) groups is 1. The number of amides is 1. The van der Waals surface area contributed by atoms with Crippen molar-refractivity contribution >= 4 is 34.5 Å². The number of hydrazine groups is 1. The number of nitrogens with zero attached hydrogens (tertiary/aromatic N) is 2. The van der Waals surface area contributed by atoms with Crippen LogP contribution in [0.25, 0.3) is 0 Å². The minimum atomic E-state index is -0.947. The molecule has 2 aliphatic rings. The van der Waals surface area contributed by atoms with Gasteiger partial charge in [0.25, 0.3) is 0 Å². The molecule has 0 saturated carbocycles. The van der Waals surface area contributed by atoms with Crippen LogP contribution in [0.4, 0.5) is 5.69 Å². The fourth-order valence-electron chi connectivity index (χ4n) is 3.08. The lowest BCUT2D eigenvalue weighted by molar-refractivity contribution is -0.121. The average Bonchev–Trinajstić information content (AvgIpc) is 3.16. The number of benzene rings is 2. The number of amidine groups is 1. The SMILES string of the molecule is O=C(O)c1ccc(CSC2=NC3NNCC3C(=O)N2c2ccccc2)cc1. The minimum Gasteiger partial charge on any atom is -0.478 e. The number of aromatic carboxylic acids is 1. The molecule has 3 N–H and O–H groups in total. The zero-order valence-electron chi connectivity index (χ0n) is 14.3. The van der Waals surface area contributed by atoms with Crippen LogP contribution in [0.2, 0.25) is 0 Å². The molecular formula is C19H18N4O3S. The van der Waals surface area contributed by atoms with Gasteiger partial charge in [-0.1, -0.05) is 42.1 Å². The molecule has 1 fully saturated rings. The van der Waals surface area contributed by atoms with Gasteiger partial charge < -0.3 is 5.11 Å². The Balaban J connectivity index is 1.58. The highest BCUT2D eigenvalue weighted by molar-refractivity contribution is 8.13. The Morgan fingerprint density at radius 3 is 2.63 bits per heavy atom.